The van der Waals surface area contributed by atoms with Crippen molar-refractivity contribution in [3.05, 3.63) is 98.5 Å². The van der Waals surface area contributed by atoms with Crippen LogP contribution in [-0.4, -0.2) is 22.4 Å². The van der Waals surface area contributed by atoms with Gasteiger partial charge in [-0.15, -0.1) is 11.3 Å². The van der Waals surface area contributed by atoms with E-state index in [2.05, 4.69) is 32.4 Å². The normalized spacial score (nSPS) is 10.6. The van der Waals surface area contributed by atoms with Gasteiger partial charge in [-0.3, -0.25) is 4.79 Å². The zero-order valence-corrected chi connectivity index (χ0v) is 22.2. The number of hydrogen-bond donors (Lipinski definition) is 2. The van der Waals surface area contributed by atoms with E-state index in [4.69, 9.17) is 16.3 Å². The average Bonchev–Trinajstić information content (AvgIpc) is 3.56. The number of carbonyl (C=O) groups is 1. The zero-order valence-electron chi connectivity index (χ0n) is 19.8. The predicted molar refractivity (Wildman–Crippen MR) is 151 cm³/mol. The predicted octanol–water partition coefficient (Wildman–Crippen LogP) is 6.58. The highest BCUT2D eigenvalue weighted by molar-refractivity contribution is 7.20. The number of thiophene rings is 2. The largest absolute Gasteiger partial charge is 0.487 e. The lowest BCUT2D eigenvalue weighted by Gasteiger charge is -2.11. The third-order valence-electron chi connectivity index (χ3n) is 5.32. The molecule has 5 aromatic rings. The lowest BCUT2D eigenvalue weighted by molar-refractivity contribution is -0.120. The quantitative estimate of drug-likeness (QED) is 0.209. The van der Waals surface area contributed by atoms with E-state index in [-0.39, 0.29) is 24.9 Å². The van der Waals surface area contributed by atoms with Crippen molar-refractivity contribution < 1.29 is 13.9 Å². The number of benzene rings is 2. The zero-order chi connectivity index (χ0) is 26.3. The molecule has 0 aliphatic heterocycles. The molecule has 1 amide bonds. The summed E-state index contributed by atoms with van der Waals surface area (Å²) in [5.74, 6) is 6.82. The fourth-order valence-electron chi connectivity index (χ4n) is 3.54. The van der Waals surface area contributed by atoms with Crippen LogP contribution in [0.2, 0.25) is 5.02 Å². The van der Waals surface area contributed by atoms with Crippen molar-refractivity contribution >= 4 is 61.9 Å². The van der Waals surface area contributed by atoms with Gasteiger partial charge >= 0.3 is 0 Å². The molecule has 0 unspecified atom stereocenters. The summed E-state index contributed by atoms with van der Waals surface area (Å²) < 4.78 is 20.0. The topological polar surface area (TPSA) is 76.1 Å². The van der Waals surface area contributed by atoms with Gasteiger partial charge in [-0.2, -0.15) is 11.3 Å². The molecule has 0 aliphatic rings. The molecule has 0 saturated heterocycles. The molecular formula is C28H20ClFN4O2S2. The Bertz CT molecular complexity index is 1640. The van der Waals surface area contributed by atoms with Crippen LogP contribution >= 0.6 is 34.3 Å². The van der Waals surface area contributed by atoms with Crippen LogP contribution in [-0.2, 0) is 17.8 Å². The van der Waals surface area contributed by atoms with E-state index in [0.717, 1.165) is 26.3 Å². The summed E-state index contributed by atoms with van der Waals surface area (Å²) in [5, 5.41) is 10.4. The van der Waals surface area contributed by atoms with E-state index in [0.29, 0.717) is 28.6 Å². The van der Waals surface area contributed by atoms with Crippen LogP contribution in [0.25, 0.3) is 10.2 Å². The number of halogens is 2. The number of nitrogens with one attached hydrogen (secondary N) is 2. The first-order chi connectivity index (χ1) is 18.5. The number of fused-ring (bicyclic) bond motifs is 1. The molecule has 2 N–H and O–H groups in total. The minimum absolute atomic E-state index is 0.0598. The van der Waals surface area contributed by atoms with Crippen LogP contribution in [0, 0.1) is 17.7 Å². The number of nitrogens with zero attached hydrogens (tertiary/aromatic N) is 2. The summed E-state index contributed by atoms with van der Waals surface area (Å²) in [6, 6.07) is 15.4. The third kappa shape index (κ3) is 6.66. The maximum Gasteiger partial charge on any atom is 0.225 e. The SMILES string of the molecule is O=C(Cc1ccsc1)NCC#Cc1cc2ncnc(Nc3ccc(OCc4cccc(F)c4)c(Cl)c3)c2s1. The Morgan fingerprint density at radius 2 is 2.03 bits per heavy atom. The molecule has 10 heteroatoms. The molecule has 190 valence electrons. The summed E-state index contributed by atoms with van der Waals surface area (Å²) in [5.41, 5.74) is 3.20. The molecule has 0 radical (unpaired) electrons. The molecule has 3 heterocycles. The molecule has 0 aliphatic carbocycles. The molecule has 6 nitrogen and oxygen atoms in total. The Labute approximate surface area is 231 Å². The molecular weight excluding hydrogens is 543 g/mol. The highest BCUT2D eigenvalue weighted by atomic mass is 35.5. The molecule has 3 aromatic heterocycles. The van der Waals surface area contributed by atoms with Crippen LogP contribution in [0.15, 0.2) is 71.7 Å². The highest BCUT2D eigenvalue weighted by Crippen LogP contribution is 2.33. The van der Waals surface area contributed by atoms with Crippen LogP contribution in [0.3, 0.4) is 0 Å². The van der Waals surface area contributed by atoms with Crippen LogP contribution < -0.4 is 15.4 Å². The third-order valence-corrected chi connectivity index (χ3v) is 7.39. The van der Waals surface area contributed by atoms with Crippen LogP contribution in [0.5, 0.6) is 5.75 Å². The second-order valence-corrected chi connectivity index (χ2v) is 10.4. The van der Waals surface area contributed by atoms with E-state index >= 15 is 0 Å². The summed E-state index contributed by atoms with van der Waals surface area (Å²) in [4.78, 5) is 21.5. The Hall–Kier alpha value is -3.97. The first kappa shape index (κ1) is 25.7. The summed E-state index contributed by atoms with van der Waals surface area (Å²) in [7, 11) is 0. The van der Waals surface area contributed by atoms with Crippen molar-refractivity contribution in [2.24, 2.45) is 0 Å². The number of anilines is 2. The van der Waals surface area contributed by atoms with Gasteiger partial charge in [-0.1, -0.05) is 35.6 Å². The van der Waals surface area contributed by atoms with Gasteiger partial charge in [0, 0.05) is 5.69 Å². The van der Waals surface area contributed by atoms with Gasteiger partial charge in [0.1, 0.15) is 24.5 Å². The number of aromatic nitrogens is 2. The second-order valence-electron chi connectivity index (χ2n) is 8.12. The summed E-state index contributed by atoms with van der Waals surface area (Å²) in [6.07, 6.45) is 1.83. The lowest BCUT2D eigenvalue weighted by Crippen LogP contribution is -2.25. The van der Waals surface area contributed by atoms with E-state index < -0.39 is 0 Å². The molecule has 5 rings (SSSR count). The maximum atomic E-state index is 13.4. The van der Waals surface area contributed by atoms with Crippen molar-refractivity contribution in [3.63, 3.8) is 0 Å². The molecule has 0 atom stereocenters. The molecule has 0 fully saturated rings. The average molecular weight is 563 g/mol. The van der Waals surface area contributed by atoms with Gasteiger partial charge in [0.2, 0.25) is 5.91 Å². The highest BCUT2D eigenvalue weighted by Gasteiger charge is 2.10. The summed E-state index contributed by atoms with van der Waals surface area (Å²) >= 11 is 9.46. The maximum absolute atomic E-state index is 13.4. The monoisotopic (exact) mass is 562 g/mol. The molecule has 38 heavy (non-hydrogen) atoms. The van der Waals surface area contributed by atoms with Crippen LogP contribution in [0.1, 0.15) is 16.0 Å². The fourth-order valence-corrected chi connectivity index (χ4v) is 5.37. The van der Waals surface area contributed by atoms with Gasteiger partial charge in [0.05, 0.1) is 33.1 Å². The number of rotatable bonds is 8. The van der Waals surface area contributed by atoms with E-state index in [1.54, 1.807) is 35.6 Å². The van der Waals surface area contributed by atoms with Crippen molar-refractivity contribution in [1.82, 2.24) is 15.3 Å². The minimum atomic E-state index is -0.313. The fraction of sp³-hybridized carbons (Fsp3) is 0.107. The first-order valence-electron chi connectivity index (χ1n) is 11.5. The Kier molecular flexibility index (Phi) is 8.14. The van der Waals surface area contributed by atoms with E-state index in [1.807, 2.05) is 29.0 Å². The number of amides is 1. The molecule has 0 bridgehead atoms. The van der Waals surface area contributed by atoms with Crippen molar-refractivity contribution in [2.75, 3.05) is 11.9 Å². The number of ether oxygens (including phenoxy) is 1. The van der Waals surface area contributed by atoms with Crippen LogP contribution in [0.4, 0.5) is 15.9 Å². The van der Waals surface area contributed by atoms with Crippen molar-refractivity contribution in [2.45, 2.75) is 13.0 Å². The Morgan fingerprint density at radius 3 is 2.84 bits per heavy atom. The van der Waals surface area contributed by atoms with Gasteiger partial charge in [0.15, 0.2) is 5.82 Å². The molecule has 0 spiro atoms. The lowest BCUT2D eigenvalue weighted by atomic mass is 10.2. The van der Waals surface area contributed by atoms with Gasteiger partial charge in [0.25, 0.3) is 0 Å². The molecule has 2 aromatic carbocycles. The standard InChI is InChI=1S/C28H20ClFN4O2S2/c29-23-13-21(6-7-25(23)36-15-18-3-1-4-20(30)11-18)34-28-27-24(32-17-33-28)14-22(38-27)5-2-9-31-26(35)12-19-8-10-37-16-19/h1,3-4,6-8,10-11,13-14,16-17H,9,12,15H2,(H,31,35)(H,32,33,34). The summed E-state index contributed by atoms with van der Waals surface area (Å²) in [6.45, 7) is 0.466. The smallest absolute Gasteiger partial charge is 0.225 e. The Balaban J connectivity index is 1.22. The Morgan fingerprint density at radius 1 is 1.11 bits per heavy atom. The van der Waals surface area contributed by atoms with Crippen molar-refractivity contribution in [1.29, 1.82) is 0 Å². The minimum Gasteiger partial charge on any atom is -0.487 e. The molecule has 0 saturated carbocycles. The number of hydrogen-bond acceptors (Lipinski definition) is 7. The first-order valence-corrected chi connectivity index (χ1v) is 13.6. The second kappa shape index (κ2) is 12.0. The van der Waals surface area contributed by atoms with E-state index in [1.165, 1.54) is 29.8 Å². The number of carbonyl (C=O) groups excluding carboxylic acids is 1. The van der Waals surface area contributed by atoms with Gasteiger partial charge < -0.3 is 15.4 Å². The van der Waals surface area contributed by atoms with Gasteiger partial charge in [-0.05, 0) is 64.4 Å². The van der Waals surface area contributed by atoms with E-state index in [9.17, 15) is 9.18 Å². The van der Waals surface area contributed by atoms with Crippen molar-refractivity contribution in [3.8, 4) is 17.6 Å². The van der Waals surface area contributed by atoms with Gasteiger partial charge in [-0.25, -0.2) is 14.4 Å².